The molecule has 1 aliphatic carbocycles. The van der Waals surface area contributed by atoms with Crippen LogP contribution in [0.1, 0.15) is 52.3 Å². The van der Waals surface area contributed by atoms with Gasteiger partial charge in [0.05, 0.1) is 18.7 Å². The molecule has 35 heavy (non-hydrogen) atoms. The van der Waals surface area contributed by atoms with Gasteiger partial charge in [0.1, 0.15) is 11.5 Å². The fraction of sp³-hybridized carbons (Fsp3) is 0.267. The van der Waals surface area contributed by atoms with Crippen molar-refractivity contribution in [2.75, 3.05) is 12.0 Å². The highest BCUT2D eigenvalue weighted by Gasteiger charge is 2.47. The Labute approximate surface area is 205 Å². The smallest absolute Gasteiger partial charge is 0.300 e. The molecule has 1 amide bonds. The van der Waals surface area contributed by atoms with Crippen LogP contribution in [0.25, 0.3) is 5.76 Å². The second-order valence-electron chi connectivity index (χ2n) is 9.40. The molecule has 1 aliphatic heterocycles. The van der Waals surface area contributed by atoms with Crippen molar-refractivity contribution < 1.29 is 19.4 Å². The zero-order valence-corrected chi connectivity index (χ0v) is 20.3. The van der Waals surface area contributed by atoms with Gasteiger partial charge < -0.3 is 9.84 Å². The predicted molar refractivity (Wildman–Crippen MR) is 137 cm³/mol. The zero-order valence-electron chi connectivity index (χ0n) is 20.3. The lowest BCUT2D eigenvalue weighted by Gasteiger charge is -2.26. The number of benzene rings is 3. The summed E-state index contributed by atoms with van der Waals surface area (Å²) < 4.78 is 5.42. The van der Waals surface area contributed by atoms with Crippen LogP contribution in [0, 0.1) is 13.8 Å². The molecule has 1 heterocycles. The minimum Gasteiger partial charge on any atom is -0.507 e. The van der Waals surface area contributed by atoms with Crippen LogP contribution in [0.3, 0.4) is 0 Å². The van der Waals surface area contributed by atoms with E-state index in [9.17, 15) is 14.7 Å². The molecule has 3 aromatic rings. The van der Waals surface area contributed by atoms with E-state index in [0.717, 1.165) is 36.8 Å². The van der Waals surface area contributed by atoms with Gasteiger partial charge in [0.15, 0.2) is 0 Å². The molecular weight excluding hydrogens is 438 g/mol. The van der Waals surface area contributed by atoms with Crippen molar-refractivity contribution in [3.63, 3.8) is 0 Å². The Balaban J connectivity index is 1.71. The van der Waals surface area contributed by atoms with E-state index in [0.29, 0.717) is 22.6 Å². The monoisotopic (exact) mass is 467 g/mol. The maximum Gasteiger partial charge on any atom is 0.300 e. The van der Waals surface area contributed by atoms with Gasteiger partial charge in [-0.15, -0.1) is 0 Å². The fourth-order valence-electron chi connectivity index (χ4n) is 5.14. The number of rotatable bonds is 4. The van der Waals surface area contributed by atoms with E-state index in [1.807, 2.05) is 74.5 Å². The Morgan fingerprint density at radius 3 is 2.43 bits per heavy atom. The first kappa shape index (κ1) is 22.9. The van der Waals surface area contributed by atoms with Crippen molar-refractivity contribution >= 4 is 23.1 Å². The number of methoxy groups -OCH3 is 1. The lowest BCUT2D eigenvalue weighted by Crippen LogP contribution is -2.29. The number of hydrogen-bond acceptors (Lipinski definition) is 4. The minimum absolute atomic E-state index is 0.0947. The highest BCUT2D eigenvalue weighted by Crippen LogP contribution is 2.43. The summed E-state index contributed by atoms with van der Waals surface area (Å²) in [5.41, 5.74) is 6.57. The maximum atomic E-state index is 13.4. The molecule has 1 N–H and O–H groups in total. The molecule has 0 bridgehead atoms. The average molecular weight is 468 g/mol. The number of hydrogen-bond donors (Lipinski definition) is 1. The lowest BCUT2D eigenvalue weighted by atomic mass is 9.88. The van der Waals surface area contributed by atoms with Crippen LogP contribution in [0.5, 0.6) is 5.75 Å². The van der Waals surface area contributed by atoms with Crippen molar-refractivity contribution in [1.29, 1.82) is 0 Å². The quantitative estimate of drug-likeness (QED) is 0.298. The number of fused-ring (bicyclic) bond motifs is 1. The van der Waals surface area contributed by atoms with Crippen LogP contribution in [-0.2, 0) is 22.4 Å². The number of aliphatic hydroxyl groups is 1. The Hall–Kier alpha value is -3.86. The van der Waals surface area contributed by atoms with Crippen molar-refractivity contribution in [1.82, 2.24) is 0 Å². The number of aliphatic hydroxyl groups excluding tert-OH is 1. The highest BCUT2D eigenvalue weighted by molar-refractivity contribution is 6.51. The van der Waals surface area contributed by atoms with Gasteiger partial charge in [-0.25, -0.2) is 0 Å². The van der Waals surface area contributed by atoms with E-state index in [-0.39, 0.29) is 11.3 Å². The third-order valence-electron chi connectivity index (χ3n) is 7.24. The van der Waals surface area contributed by atoms with E-state index in [1.54, 1.807) is 7.11 Å². The van der Waals surface area contributed by atoms with Crippen LogP contribution in [0.4, 0.5) is 5.69 Å². The number of ether oxygens (including phenoxy) is 1. The van der Waals surface area contributed by atoms with Gasteiger partial charge in [-0.3, -0.25) is 14.5 Å². The van der Waals surface area contributed by atoms with E-state index < -0.39 is 17.7 Å². The molecule has 0 aromatic heterocycles. The number of nitrogens with zero attached hydrogens (tertiary/aromatic N) is 1. The number of carbonyl (C=O) groups excluding carboxylic acids is 2. The summed E-state index contributed by atoms with van der Waals surface area (Å²) in [5, 5.41) is 11.5. The normalized spacial score (nSPS) is 19.1. The lowest BCUT2D eigenvalue weighted by molar-refractivity contribution is -0.132. The Morgan fingerprint density at radius 2 is 1.69 bits per heavy atom. The van der Waals surface area contributed by atoms with Crippen LogP contribution in [-0.4, -0.2) is 23.9 Å². The van der Waals surface area contributed by atoms with Gasteiger partial charge in [-0.2, -0.15) is 0 Å². The van der Waals surface area contributed by atoms with Crippen LogP contribution >= 0.6 is 0 Å². The molecular formula is C30H29NO4. The first-order chi connectivity index (χ1) is 16.9. The summed E-state index contributed by atoms with van der Waals surface area (Å²) in [6, 6.07) is 18.1. The molecule has 1 fully saturated rings. The number of aryl methyl sites for hydroxylation is 4. The Bertz CT molecular complexity index is 1370. The molecule has 1 unspecified atom stereocenters. The van der Waals surface area contributed by atoms with E-state index >= 15 is 0 Å². The number of Topliss-reactive ketones (excluding diaryl/α,β-unsaturated/α-hetero) is 1. The number of anilines is 1. The third-order valence-corrected chi connectivity index (χ3v) is 7.24. The topological polar surface area (TPSA) is 66.8 Å². The molecule has 1 saturated heterocycles. The summed E-state index contributed by atoms with van der Waals surface area (Å²) >= 11 is 0. The second kappa shape index (κ2) is 9.06. The van der Waals surface area contributed by atoms with Gasteiger partial charge >= 0.3 is 0 Å². The molecule has 1 atom stereocenters. The summed E-state index contributed by atoms with van der Waals surface area (Å²) in [4.78, 5) is 28.4. The molecule has 0 saturated carbocycles. The van der Waals surface area contributed by atoms with Crippen LogP contribution < -0.4 is 9.64 Å². The first-order valence-electron chi connectivity index (χ1n) is 12.0. The molecule has 5 rings (SSSR count). The highest BCUT2D eigenvalue weighted by atomic mass is 16.5. The summed E-state index contributed by atoms with van der Waals surface area (Å²) in [5.74, 6) is -0.871. The summed E-state index contributed by atoms with van der Waals surface area (Å²) in [6.07, 6.45) is 4.25. The Kier molecular flexibility index (Phi) is 5.93. The van der Waals surface area contributed by atoms with Crippen molar-refractivity contribution in [3.05, 3.63) is 99.6 Å². The predicted octanol–water partition coefficient (Wildman–Crippen LogP) is 5.82. The molecule has 178 valence electrons. The molecule has 0 radical (unpaired) electrons. The SMILES string of the molecule is COc1cccc(C2/C(=C(/O)c3ccc4c(c3)CCCC4)C(=O)C(=O)N2c2ccc(C)c(C)c2)c1. The first-order valence-corrected chi connectivity index (χ1v) is 12.0. The van der Waals surface area contributed by atoms with Gasteiger partial charge in [0.25, 0.3) is 11.7 Å². The standard InChI is InChI=1S/C30H29NO4/c1-18-11-14-24(15-19(18)2)31-27(22-9-6-10-25(17-22)35-3)26(29(33)30(31)34)28(32)23-13-12-20-7-4-5-8-21(20)16-23/h6,9-17,27,32H,4-5,7-8H2,1-3H3/b28-26-. The molecule has 5 nitrogen and oxygen atoms in total. The zero-order chi connectivity index (χ0) is 24.7. The molecule has 3 aromatic carbocycles. The minimum atomic E-state index is -0.775. The van der Waals surface area contributed by atoms with Gasteiger partial charge in [-0.1, -0.05) is 30.3 Å². The van der Waals surface area contributed by atoms with Gasteiger partial charge in [-0.05, 0) is 97.7 Å². The van der Waals surface area contributed by atoms with E-state index in [1.165, 1.54) is 16.0 Å². The summed E-state index contributed by atoms with van der Waals surface area (Å²) in [6.45, 7) is 3.98. The maximum absolute atomic E-state index is 13.4. The van der Waals surface area contributed by atoms with Crippen LogP contribution in [0.15, 0.2) is 66.2 Å². The second-order valence-corrected chi connectivity index (χ2v) is 9.40. The number of ketones is 1. The Morgan fingerprint density at radius 1 is 0.914 bits per heavy atom. The molecule has 5 heteroatoms. The molecule has 0 spiro atoms. The van der Waals surface area contributed by atoms with Gasteiger partial charge in [0, 0.05) is 11.3 Å². The van der Waals surface area contributed by atoms with Crippen molar-refractivity contribution in [3.8, 4) is 5.75 Å². The van der Waals surface area contributed by atoms with Crippen LogP contribution in [0.2, 0.25) is 0 Å². The van der Waals surface area contributed by atoms with E-state index in [4.69, 9.17) is 4.74 Å². The van der Waals surface area contributed by atoms with Gasteiger partial charge in [0.2, 0.25) is 0 Å². The number of carbonyl (C=O) groups is 2. The fourth-order valence-corrected chi connectivity index (χ4v) is 5.14. The largest absolute Gasteiger partial charge is 0.507 e. The molecule has 2 aliphatic rings. The summed E-state index contributed by atoms with van der Waals surface area (Å²) in [7, 11) is 1.58. The number of amides is 1. The van der Waals surface area contributed by atoms with Crippen molar-refractivity contribution in [2.24, 2.45) is 0 Å². The van der Waals surface area contributed by atoms with E-state index in [2.05, 4.69) is 0 Å². The van der Waals surface area contributed by atoms with Crippen molar-refractivity contribution in [2.45, 2.75) is 45.6 Å². The third kappa shape index (κ3) is 4.01. The average Bonchev–Trinajstić information content (AvgIpc) is 3.15.